The van der Waals surface area contributed by atoms with E-state index in [-0.39, 0.29) is 18.5 Å². The van der Waals surface area contributed by atoms with Crippen molar-refractivity contribution in [2.45, 2.75) is 289 Å². The Hall–Kier alpha value is -1.92. The van der Waals surface area contributed by atoms with Crippen LogP contribution in [0.1, 0.15) is 277 Å². The molecule has 2 unspecified atom stereocenters. The van der Waals surface area contributed by atoms with Gasteiger partial charge in [0.2, 0.25) is 5.91 Å². The van der Waals surface area contributed by atoms with Crippen molar-refractivity contribution in [2.24, 2.45) is 0 Å². The minimum atomic E-state index is -0.669. The molecule has 6 nitrogen and oxygen atoms in total. The van der Waals surface area contributed by atoms with Gasteiger partial charge in [0.1, 0.15) is 0 Å². The lowest BCUT2D eigenvalue weighted by molar-refractivity contribution is -0.143. The van der Waals surface area contributed by atoms with Crippen LogP contribution in [0.3, 0.4) is 0 Å². The number of nitrogens with one attached hydrogen (secondary N) is 1. The van der Waals surface area contributed by atoms with Gasteiger partial charge >= 0.3 is 5.97 Å². The number of carbonyl (C=O) groups is 2. The standard InChI is InChI=1S/C55H103NO5/c1-3-5-7-9-11-13-15-16-22-26-29-33-37-41-45-49-55(60)61-50-46-42-38-34-30-27-24-21-19-17-18-20-23-25-28-32-36-40-44-48-54(59)56-52(51-57)53(58)47-43-39-35-31-14-12-10-8-6-4-2/h16,21-22,24,27,30,52-53,57-58H,3-15,17-20,23,25-26,28-29,31-51H2,1-2H3,(H,56,59)/b22-16-,24-21-,30-27-. The maximum absolute atomic E-state index is 12.4. The van der Waals surface area contributed by atoms with Gasteiger partial charge in [0, 0.05) is 12.8 Å². The molecule has 3 N–H and O–H groups in total. The Kier molecular flexibility index (Phi) is 49.1. The third-order valence-electron chi connectivity index (χ3n) is 12.2. The molecule has 0 aromatic carbocycles. The fourth-order valence-corrected chi connectivity index (χ4v) is 8.04. The van der Waals surface area contributed by atoms with Gasteiger partial charge in [-0.2, -0.15) is 0 Å². The van der Waals surface area contributed by atoms with Gasteiger partial charge in [-0.1, -0.05) is 217 Å². The molecule has 2 atom stereocenters. The number of allylic oxidation sites excluding steroid dienone is 6. The zero-order valence-corrected chi connectivity index (χ0v) is 40.6. The molecule has 0 fully saturated rings. The highest BCUT2D eigenvalue weighted by Gasteiger charge is 2.20. The van der Waals surface area contributed by atoms with E-state index in [2.05, 4.69) is 55.6 Å². The first-order valence-electron chi connectivity index (χ1n) is 26.8. The van der Waals surface area contributed by atoms with Crippen LogP contribution in [0.4, 0.5) is 0 Å². The summed E-state index contributed by atoms with van der Waals surface area (Å²) in [6.45, 7) is 4.88. The Morgan fingerprint density at radius 2 is 0.820 bits per heavy atom. The Bertz CT molecular complexity index is 993. The summed E-state index contributed by atoms with van der Waals surface area (Å²) in [5.41, 5.74) is 0. The van der Waals surface area contributed by atoms with Gasteiger partial charge in [0.25, 0.3) is 0 Å². The van der Waals surface area contributed by atoms with Crippen LogP contribution in [0.5, 0.6) is 0 Å². The summed E-state index contributed by atoms with van der Waals surface area (Å²) < 4.78 is 5.44. The van der Waals surface area contributed by atoms with Gasteiger partial charge in [-0.3, -0.25) is 9.59 Å². The minimum Gasteiger partial charge on any atom is -0.466 e. The molecule has 61 heavy (non-hydrogen) atoms. The maximum Gasteiger partial charge on any atom is 0.305 e. The monoisotopic (exact) mass is 858 g/mol. The van der Waals surface area contributed by atoms with Crippen molar-refractivity contribution in [1.29, 1.82) is 0 Å². The molecule has 0 aliphatic rings. The number of aliphatic hydroxyl groups is 2. The van der Waals surface area contributed by atoms with Crippen molar-refractivity contribution in [3.05, 3.63) is 36.5 Å². The zero-order chi connectivity index (χ0) is 44.4. The fraction of sp³-hybridized carbons (Fsp3) is 0.855. The number of hydrogen-bond acceptors (Lipinski definition) is 5. The first-order valence-corrected chi connectivity index (χ1v) is 26.8. The number of aliphatic hydroxyl groups excluding tert-OH is 2. The quantitative estimate of drug-likeness (QED) is 0.0245. The molecule has 0 saturated carbocycles. The average Bonchev–Trinajstić information content (AvgIpc) is 3.26. The lowest BCUT2D eigenvalue weighted by Crippen LogP contribution is -2.45. The van der Waals surface area contributed by atoms with E-state index in [4.69, 9.17) is 4.74 Å². The minimum absolute atomic E-state index is 0.0219. The van der Waals surface area contributed by atoms with Gasteiger partial charge in [-0.15, -0.1) is 0 Å². The van der Waals surface area contributed by atoms with E-state index >= 15 is 0 Å². The summed E-state index contributed by atoms with van der Waals surface area (Å²) in [5.74, 6) is -0.0692. The van der Waals surface area contributed by atoms with Crippen LogP contribution >= 0.6 is 0 Å². The van der Waals surface area contributed by atoms with Crippen LogP contribution in [0.15, 0.2) is 36.5 Å². The van der Waals surface area contributed by atoms with E-state index in [1.54, 1.807) is 0 Å². The van der Waals surface area contributed by atoms with E-state index in [9.17, 15) is 19.8 Å². The molecule has 0 rings (SSSR count). The van der Waals surface area contributed by atoms with Gasteiger partial charge < -0.3 is 20.3 Å². The molecule has 0 bridgehead atoms. The molecule has 0 heterocycles. The number of rotatable bonds is 49. The largest absolute Gasteiger partial charge is 0.466 e. The van der Waals surface area contributed by atoms with Crippen molar-refractivity contribution in [3.63, 3.8) is 0 Å². The summed E-state index contributed by atoms with van der Waals surface area (Å²) in [6.07, 6.45) is 61.3. The van der Waals surface area contributed by atoms with E-state index in [0.717, 1.165) is 70.6 Å². The van der Waals surface area contributed by atoms with Gasteiger partial charge in [0.05, 0.1) is 25.4 Å². The molecule has 0 aliphatic carbocycles. The Morgan fingerprint density at radius 3 is 1.26 bits per heavy atom. The lowest BCUT2D eigenvalue weighted by atomic mass is 10.0. The average molecular weight is 858 g/mol. The van der Waals surface area contributed by atoms with Crippen LogP contribution < -0.4 is 5.32 Å². The van der Waals surface area contributed by atoms with Gasteiger partial charge in [0.15, 0.2) is 0 Å². The molecule has 0 aromatic heterocycles. The fourth-order valence-electron chi connectivity index (χ4n) is 8.04. The molecule has 1 amide bonds. The highest BCUT2D eigenvalue weighted by Crippen LogP contribution is 2.16. The molecule has 0 aliphatic heterocycles. The van der Waals surface area contributed by atoms with Crippen LogP contribution in [-0.2, 0) is 14.3 Å². The van der Waals surface area contributed by atoms with Crippen LogP contribution in [0.25, 0.3) is 0 Å². The second kappa shape index (κ2) is 50.7. The van der Waals surface area contributed by atoms with Crippen molar-refractivity contribution in [1.82, 2.24) is 5.32 Å². The third kappa shape index (κ3) is 47.4. The van der Waals surface area contributed by atoms with Crippen molar-refractivity contribution in [3.8, 4) is 0 Å². The molecule has 0 radical (unpaired) electrons. The van der Waals surface area contributed by atoms with Crippen molar-refractivity contribution >= 4 is 11.9 Å². The van der Waals surface area contributed by atoms with E-state index in [1.165, 1.54) is 173 Å². The smallest absolute Gasteiger partial charge is 0.305 e. The molecular formula is C55H103NO5. The molecule has 0 saturated heterocycles. The van der Waals surface area contributed by atoms with Crippen LogP contribution in [-0.4, -0.2) is 47.4 Å². The molecule has 0 aromatic rings. The number of esters is 1. The third-order valence-corrected chi connectivity index (χ3v) is 12.2. The summed E-state index contributed by atoms with van der Waals surface area (Å²) in [4.78, 5) is 24.4. The lowest BCUT2D eigenvalue weighted by Gasteiger charge is -2.22. The summed E-state index contributed by atoms with van der Waals surface area (Å²) in [6, 6.07) is -0.548. The summed E-state index contributed by atoms with van der Waals surface area (Å²) in [5, 5.41) is 23.1. The number of unbranched alkanes of at least 4 members (excludes halogenated alkanes) is 33. The van der Waals surface area contributed by atoms with Crippen LogP contribution in [0.2, 0.25) is 0 Å². The van der Waals surface area contributed by atoms with E-state index < -0.39 is 12.1 Å². The second-order valence-electron chi connectivity index (χ2n) is 18.2. The molecule has 6 heteroatoms. The van der Waals surface area contributed by atoms with Crippen LogP contribution in [0, 0.1) is 0 Å². The van der Waals surface area contributed by atoms with Crippen molar-refractivity contribution in [2.75, 3.05) is 13.2 Å². The molecule has 0 spiro atoms. The SMILES string of the molecule is CCCCCCCC/C=C\CCCCCCCC(=O)OCCCCC/C=C\C=C/CCCCCCCCCCCCC(=O)NC(CO)C(O)CCCCCCCCCCCC. The number of hydrogen-bond donors (Lipinski definition) is 3. The number of ether oxygens (including phenoxy) is 1. The van der Waals surface area contributed by atoms with Gasteiger partial charge in [-0.25, -0.2) is 0 Å². The highest BCUT2D eigenvalue weighted by atomic mass is 16.5. The number of carbonyl (C=O) groups excluding carboxylic acids is 2. The first-order chi connectivity index (χ1) is 30.0. The van der Waals surface area contributed by atoms with E-state index in [1.807, 2.05) is 0 Å². The van der Waals surface area contributed by atoms with Gasteiger partial charge in [-0.05, 0) is 83.5 Å². The Morgan fingerprint density at radius 1 is 0.459 bits per heavy atom. The zero-order valence-electron chi connectivity index (χ0n) is 40.6. The predicted octanol–water partition coefficient (Wildman–Crippen LogP) is 16.1. The Labute approximate surface area is 379 Å². The Balaban J connectivity index is 3.47. The van der Waals surface area contributed by atoms with Crippen molar-refractivity contribution < 1.29 is 24.5 Å². The summed E-state index contributed by atoms with van der Waals surface area (Å²) >= 11 is 0. The predicted molar refractivity (Wildman–Crippen MR) is 264 cm³/mol. The first kappa shape index (κ1) is 59.1. The highest BCUT2D eigenvalue weighted by molar-refractivity contribution is 5.76. The summed E-state index contributed by atoms with van der Waals surface area (Å²) in [7, 11) is 0. The number of amides is 1. The normalized spacial score (nSPS) is 12.9. The van der Waals surface area contributed by atoms with E-state index in [0.29, 0.717) is 25.9 Å². The second-order valence-corrected chi connectivity index (χ2v) is 18.2. The maximum atomic E-state index is 12.4. The topological polar surface area (TPSA) is 95.9 Å². The molecule has 358 valence electrons. The molecular weight excluding hydrogens is 755 g/mol.